The number of ether oxygens (including phenoxy) is 2. The predicted octanol–water partition coefficient (Wildman–Crippen LogP) is 2.52. The van der Waals surface area contributed by atoms with Crippen LogP contribution in [0.5, 0.6) is 11.5 Å². The van der Waals surface area contributed by atoms with Crippen molar-refractivity contribution in [3.63, 3.8) is 0 Å². The minimum atomic E-state index is 0.547. The van der Waals surface area contributed by atoms with E-state index in [2.05, 4.69) is 27.1 Å². The van der Waals surface area contributed by atoms with Gasteiger partial charge in [-0.25, -0.2) is 0 Å². The molecule has 1 N–H and O–H groups in total. The Kier molecular flexibility index (Phi) is 6.41. The zero-order valence-corrected chi connectivity index (χ0v) is 18.8. The Morgan fingerprint density at radius 2 is 1.87 bits per heavy atom. The lowest BCUT2D eigenvalue weighted by Crippen LogP contribution is -2.47. The molecule has 4 rings (SSSR count). The standard InChI is InChI=1S/C22H31N7O2/c1-5-8-28-9-11-29(12-10-28)22-25-20(18-15-24-27(2)21(18)26-22)23-14-16-13-17(30-3)6-7-19(16)31-4/h6-7,13,15H,5,8-12,14H2,1-4H3,(H,23,25,26). The average molecular weight is 426 g/mol. The van der Waals surface area contributed by atoms with E-state index in [4.69, 9.17) is 19.4 Å². The second-order valence-electron chi connectivity index (χ2n) is 7.74. The van der Waals surface area contributed by atoms with Gasteiger partial charge < -0.3 is 19.7 Å². The molecule has 0 aliphatic carbocycles. The molecule has 0 saturated carbocycles. The van der Waals surface area contributed by atoms with Crippen LogP contribution in [0.25, 0.3) is 11.0 Å². The Balaban J connectivity index is 1.59. The molecule has 1 aromatic carbocycles. The summed E-state index contributed by atoms with van der Waals surface area (Å²) in [6.45, 7) is 7.82. The molecule has 0 unspecified atom stereocenters. The first-order chi connectivity index (χ1) is 15.1. The van der Waals surface area contributed by atoms with Gasteiger partial charge in [-0.3, -0.25) is 9.58 Å². The maximum atomic E-state index is 5.52. The topological polar surface area (TPSA) is 80.6 Å². The second kappa shape index (κ2) is 9.38. The molecule has 0 amide bonds. The predicted molar refractivity (Wildman–Crippen MR) is 122 cm³/mol. The third-order valence-corrected chi connectivity index (χ3v) is 5.71. The summed E-state index contributed by atoms with van der Waals surface area (Å²) in [5.41, 5.74) is 1.81. The van der Waals surface area contributed by atoms with Gasteiger partial charge in [0, 0.05) is 45.3 Å². The van der Waals surface area contributed by atoms with Crippen molar-refractivity contribution in [2.45, 2.75) is 19.9 Å². The fraction of sp³-hybridized carbons (Fsp3) is 0.500. The molecule has 3 aromatic rings. The number of rotatable bonds is 8. The first-order valence-corrected chi connectivity index (χ1v) is 10.7. The van der Waals surface area contributed by atoms with Crippen LogP contribution in [0, 0.1) is 0 Å². The highest BCUT2D eigenvalue weighted by atomic mass is 16.5. The average Bonchev–Trinajstić information content (AvgIpc) is 3.18. The Bertz CT molecular complexity index is 1030. The summed E-state index contributed by atoms with van der Waals surface area (Å²) in [4.78, 5) is 14.5. The van der Waals surface area contributed by atoms with Crippen molar-refractivity contribution in [3.8, 4) is 11.5 Å². The lowest BCUT2D eigenvalue weighted by Gasteiger charge is -2.34. The summed E-state index contributed by atoms with van der Waals surface area (Å²) in [7, 11) is 5.24. The molecule has 1 aliphatic rings. The van der Waals surface area contributed by atoms with E-state index >= 15 is 0 Å². The number of anilines is 2. The van der Waals surface area contributed by atoms with Gasteiger partial charge in [0.15, 0.2) is 5.65 Å². The molecular weight excluding hydrogens is 394 g/mol. The molecule has 0 spiro atoms. The first-order valence-electron chi connectivity index (χ1n) is 10.7. The van der Waals surface area contributed by atoms with Crippen molar-refractivity contribution in [1.29, 1.82) is 0 Å². The summed E-state index contributed by atoms with van der Waals surface area (Å²) in [5.74, 6) is 3.11. The number of aromatic nitrogens is 4. The van der Waals surface area contributed by atoms with Crippen molar-refractivity contribution < 1.29 is 9.47 Å². The summed E-state index contributed by atoms with van der Waals surface area (Å²) >= 11 is 0. The highest BCUT2D eigenvalue weighted by molar-refractivity contribution is 5.87. The molecule has 166 valence electrons. The van der Waals surface area contributed by atoms with Gasteiger partial charge >= 0.3 is 0 Å². The van der Waals surface area contributed by atoms with Crippen LogP contribution < -0.4 is 19.7 Å². The number of piperazine rings is 1. The van der Waals surface area contributed by atoms with E-state index in [1.165, 1.54) is 6.42 Å². The van der Waals surface area contributed by atoms with E-state index in [-0.39, 0.29) is 0 Å². The molecule has 0 atom stereocenters. The molecule has 1 aliphatic heterocycles. The maximum Gasteiger partial charge on any atom is 0.229 e. The van der Waals surface area contributed by atoms with Crippen LogP contribution in [-0.2, 0) is 13.6 Å². The number of nitrogens with zero attached hydrogens (tertiary/aromatic N) is 6. The smallest absolute Gasteiger partial charge is 0.229 e. The van der Waals surface area contributed by atoms with E-state index in [1.54, 1.807) is 18.9 Å². The molecule has 9 heteroatoms. The summed E-state index contributed by atoms with van der Waals surface area (Å²) in [6.07, 6.45) is 2.99. The molecule has 3 heterocycles. The molecule has 1 saturated heterocycles. The fourth-order valence-corrected chi connectivity index (χ4v) is 3.97. The van der Waals surface area contributed by atoms with Gasteiger partial charge in [-0.05, 0) is 31.2 Å². The van der Waals surface area contributed by atoms with E-state index < -0.39 is 0 Å². The van der Waals surface area contributed by atoms with Crippen molar-refractivity contribution in [2.24, 2.45) is 7.05 Å². The number of benzene rings is 1. The van der Waals surface area contributed by atoms with Crippen molar-refractivity contribution in [3.05, 3.63) is 30.0 Å². The van der Waals surface area contributed by atoms with Crippen molar-refractivity contribution in [2.75, 3.05) is 57.2 Å². The van der Waals surface area contributed by atoms with Crippen LogP contribution in [0.1, 0.15) is 18.9 Å². The minimum absolute atomic E-state index is 0.547. The monoisotopic (exact) mass is 425 g/mol. The van der Waals surface area contributed by atoms with E-state index in [9.17, 15) is 0 Å². The maximum absolute atomic E-state index is 5.52. The summed E-state index contributed by atoms with van der Waals surface area (Å²) in [6, 6.07) is 5.78. The van der Waals surface area contributed by atoms with Crippen LogP contribution in [0.3, 0.4) is 0 Å². The normalized spacial score (nSPS) is 14.8. The van der Waals surface area contributed by atoms with E-state index in [1.807, 2.05) is 31.4 Å². The highest BCUT2D eigenvalue weighted by Crippen LogP contribution is 2.27. The van der Waals surface area contributed by atoms with Gasteiger partial charge in [0.25, 0.3) is 0 Å². The van der Waals surface area contributed by atoms with Gasteiger partial charge in [-0.1, -0.05) is 6.92 Å². The third-order valence-electron chi connectivity index (χ3n) is 5.71. The first kappa shape index (κ1) is 21.2. The quantitative estimate of drug-likeness (QED) is 0.590. The van der Waals surface area contributed by atoms with Gasteiger partial charge in [0.1, 0.15) is 17.3 Å². The lowest BCUT2D eigenvalue weighted by molar-refractivity contribution is 0.257. The summed E-state index contributed by atoms with van der Waals surface area (Å²) in [5, 5.41) is 8.77. The minimum Gasteiger partial charge on any atom is -0.497 e. The zero-order chi connectivity index (χ0) is 21.8. The van der Waals surface area contributed by atoms with Crippen LogP contribution >= 0.6 is 0 Å². The van der Waals surface area contributed by atoms with Crippen LogP contribution in [-0.4, -0.2) is 71.6 Å². The number of aryl methyl sites for hydroxylation is 1. The molecule has 0 radical (unpaired) electrons. The molecular formula is C22H31N7O2. The highest BCUT2D eigenvalue weighted by Gasteiger charge is 2.21. The van der Waals surface area contributed by atoms with Gasteiger partial charge in [0.05, 0.1) is 25.8 Å². The number of methoxy groups -OCH3 is 2. The largest absolute Gasteiger partial charge is 0.497 e. The molecule has 2 aromatic heterocycles. The van der Waals surface area contributed by atoms with Crippen LogP contribution in [0.2, 0.25) is 0 Å². The number of hydrogen-bond acceptors (Lipinski definition) is 8. The van der Waals surface area contributed by atoms with Crippen molar-refractivity contribution in [1.82, 2.24) is 24.6 Å². The molecule has 0 bridgehead atoms. The summed E-state index contributed by atoms with van der Waals surface area (Å²) < 4.78 is 12.7. The van der Waals surface area contributed by atoms with Gasteiger partial charge in [0.2, 0.25) is 5.95 Å². The molecule has 9 nitrogen and oxygen atoms in total. The number of fused-ring (bicyclic) bond motifs is 1. The zero-order valence-electron chi connectivity index (χ0n) is 18.8. The molecule has 31 heavy (non-hydrogen) atoms. The lowest BCUT2D eigenvalue weighted by atomic mass is 10.2. The third kappa shape index (κ3) is 4.51. The Morgan fingerprint density at radius 1 is 1.06 bits per heavy atom. The number of hydrogen-bond donors (Lipinski definition) is 1. The second-order valence-corrected chi connectivity index (χ2v) is 7.74. The Morgan fingerprint density at radius 3 is 2.58 bits per heavy atom. The van der Waals surface area contributed by atoms with Gasteiger partial charge in [-0.15, -0.1) is 0 Å². The van der Waals surface area contributed by atoms with Crippen molar-refractivity contribution >= 4 is 22.8 Å². The Hall–Kier alpha value is -3.07. The molecule has 1 fully saturated rings. The van der Waals surface area contributed by atoms with E-state index in [0.29, 0.717) is 6.54 Å². The van der Waals surface area contributed by atoms with Crippen LogP contribution in [0.15, 0.2) is 24.4 Å². The van der Waals surface area contributed by atoms with E-state index in [0.717, 1.165) is 72.6 Å². The fourth-order valence-electron chi connectivity index (χ4n) is 3.97. The Labute approximate surface area is 183 Å². The van der Waals surface area contributed by atoms with Gasteiger partial charge in [-0.2, -0.15) is 15.1 Å². The SMILES string of the molecule is CCCN1CCN(c2nc(NCc3cc(OC)ccc3OC)c3cnn(C)c3n2)CC1. The van der Waals surface area contributed by atoms with Crippen LogP contribution in [0.4, 0.5) is 11.8 Å². The number of nitrogens with one attached hydrogen (secondary N) is 1.